The summed E-state index contributed by atoms with van der Waals surface area (Å²) >= 11 is 0. The molecular formula is C27H46O11Si7. The monoisotopic (exact) mass is 742 g/mol. The Labute approximate surface area is 277 Å². The SMILES string of the molecule is CO[SiH](C)O[Si](C)(O[SiH](O[Si](C)(O[SiH](OC)OC)c1ccccc1)O[Si](C)(O[SiH](OC)OC)c1ccccc1)c1ccccc1. The first-order valence-corrected chi connectivity index (χ1v) is 27.7. The molecule has 0 aliphatic heterocycles. The van der Waals surface area contributed by atoms with Crippen molar-refractivity contribution in [2.45, 2.75) is 26.2 Å². The molecule has 3 aromatic carbocycles. The van der Waals surface area contributed by atoms with Crippen LogP contribution < -0.4 is 15.6 Å². The zero-order valence-corrected chi connectivity index (χ0v) is 35.1. The van der Waals surface area contributed by atoms with E-state index in [1.54, 1.807) is 35.5 Å². The predicted molar refractivity (Wildman–Crippen MR) is 189 cm³/mol. The lowest BCUT2D eigenvalue weighted by Gasteiger charge is -2.40. The summed E-state index contributed by atoms with van der Waals surface area (Å²) in [5, 5.41) is 2.66. The second kappa shape index (κ2) is 18.3. The Bertz CT molecular complexity index is 1190. The van der Waals surface area contributed by atoms with Crippen LogP contribution in [0.1, 0.15) is 0 Å². The lowest BCUT2D eigenvalue weighted by molar-refractivity contribution is 0.164. The third-order valence-electron chi connectivity index (χ3n) is 6.99. The molecule has 0 radical (unpaired) electrons. The van der Waals surface area contributed by atoms with E-state index >= 15 is 0 Å². The molecule has 11 nitrogen and oxygen atoms in total. The molecule has 0 aromatic heterocycles. The fourth-order valence-electron chi connectivity index (χ4n) is 4.45. The van der Waals surface area contributed by atoms with Gasteiger partial charge in [0.05, 0.1) is 0 Å². The first-order chi connectivity index (χ1) is 21.5. The van der Waals surface area contributed by atoms with E-state index in [0.717, 1.165) is 15.6 Å². The molecule has 0 aliphatic carbocycles. The van der Waals surface area contributed by atoms with Gasteiger partial charge in [0.25, 0.3) is 0 Å². The van der Waals surface area contributed by atoms with Crippen LogP contribution in [0.4, 0.5) is 0 Å². The fraction of sp³-hybridized carbons (Fsp3) is 0.333. The van der Waals surface area contributed by atoms with Crippen LogP contribution in [0.5, 0.6) is 0 Å². The fourth-order valence-corrected chi connectivity index (χ4v) is 26.3. The van der Waals surface area contributed by atoms with Crippen molar-refractivity contribution in [3.05, 3.63) is 91.0 Å². The van der Waals surface area contributed by atoms with Gasteiger partial charge >= 0.3 is 63.5 Å². The van der Waals surface area contributed by atoms with E-state index in [9.17, 15) is 0 Å². The Morgan fingerprint density at radius 2 is 0.644 bits per heavy atom. The van der Waals surface area contributed by atoms with E-state index in [1.165, 1.54) is 0 Å². The smallest absolute Gasteiger partial charge is 0.414 e. The van der Waals surface area contributed by atoms with Crippen LogP contribution in [0, 0.1) is 0 Å². The highest BCUT2D eigenvalue weighted by Crippen LogP contribution is 2.22. The molecule has 0 heterocycles. The Morgan fingerprint density at radius 3 is 0.911 bits per heavy atom. The minimum atomic E-state index is -3.31. The molecule has 0 amide bonds. The quantitative estimate of drug-likeness (QED) is 0.157. The highest BCUT2D eigenvalue weighted by Gasteiger charge is 2.50. The molecular weight excluding hydrogens is 697 g/mol. The van der Waals surface area contributed by atoms with Crippen molar-refractivity contribution >= 4 is 79.1 Å². The third-order valence-corrected chi connectivity index (χ3v) is 29.3. The lowest BCUT2D eigenvalue weighted by atomic mass is 10.4. The van der Waals surface area contributed by atoms with Crippen LogP contribution >= 0.6 is 0 Å². The Balaban J connectivity index is 2.18. The van der Waals surface area contributed by atoms with Crippen molar-refractivity contribution in [2.24, 2.45) is 0 Å². The van der Waals surface area contributed by atoms with E-state index in [-0.39, 0.29) is 0 Å². The average Bonchev–Trinajstić information content (AvgIpc) is 3.07. The minimum Gasteiger partial charge on any atom is -0.414 e. The second-order valence-electron chi connectivity index (χ2n) is 10.3. The van der Waals surface area contributed by atoms with Crippen LogP contribution in [-0.4, -0.2) is 99.1 Å². The second-order valence-corrected chi connectivity index (χ2v) is 28.5. The summed E-state index contributed by atoms with van der Waals surface area (Å²) in [7, 11) is -12.4. The first-order valence-electron chi connectivity index (χ1n) is 14.4. The molecule has 248 valence electrons. The van der Waals surface area contributed by atoms with Gasteiger partial charge in [0.2, 0.25) is 0 Å². The highest BCUT2D eigenvalue weighted by molar-refractivity contribution is 6.93. The molecule has 18 heteroatoms. The van der Waals surface area contributed by atoms with Gasteiger partial charge in [0, 0.05) is 35.5 Å². The van der Waals surface area contributed by atoms with Gasteiger partial charge in [-0.2, -0.15) is 0 Å². The summed E-state index contributed by atoms with van der Waals surface area (Å²) in [5.41, 5.74) is 0. The highest BCUT2D eigenvalue weighted by atomic mass is 28.5. The van der Waals surface area contributed by atoms with Gasteiger partial charge in [0.1, 0.15) is 0 Å². The summed E-state index contributed by atoms with van der Waals surface area (Å²) < 4.78 is 69.1. The van der Waals surface area contributed by atoms with E-state index in [1.807, 2.05) is 117 Å². The van der Waals surface area contributed by atoms with Gasteiger partial charge < -0.3 is 46.8 Å². The average molecular weight is 743 g/mol. The summed E-state index contributed by atoms with van der Waals surface area (Å²) in [6.45, 7) is 7.86. The predicted octanol–water partition coefficient (Wildman–Crippen LogP) is 1.26. The van der Waals surface area contributed by atoms with Crippen LogP contribution in [0.3, 0.4) is 0 Å². The Morgan fingerprint density at radius 1 is 0.378 bits per heavy atom. The molecule has 0 aliphatic rings. The van der Waals surface area contributed by atoms with Crippen LogP contribution in [0.15, 0.2) is 91.0 Å². The standard InChI is InChI=1S/C27H46O11Si7/c1-28-39(6)33-43(7,25-19-13-10-14-20-25)36-42(37-44(8,34-40(29-2)30-3)26-21-15-11-16-22-26)38-45(9,35-41(31-4)32-5)27-23-17-12-18-24-27/h10-24,39-42H,1-9H3. The van der Waals surface area contributed by atoms with Crippen molar-refractivity contribution in [3.63, 3.8) is 0 Å². The third kappa shape index (κ3) is 10.9. The molecule has 4 atom stereocenters. The molecule has 3 aromatic rings. The molecule has 0 N–H and O–H groups in total. The molecule has 4 unspecified atom stereocenters. The van der Waals surface area contributed by atoms with Gasteiger partial charge in [-0.3, -0.25) is 0 Å². The van der Waals surface area contributed by atoms with Crippen molar-refractivity contribution in [1.82, 2.24) is 0 Å². The molecule has 0 spiro atoms. The number of rotatable bonds is 20. The van der Waals surface area contributed by atoms with E-state index in [2.05, 4.69) is 0 Å². The summed E-state index contributed by atoms with van der Waals surface area (Å²) in [4.78, 5) is 0. The van der Waals surface area contributed by atoms with E-state index in [0.29, 0.717) is 0 Å². The van der Waals surface area contributed by atoms with Gasteiger partial charge in [-0.15, -0.1) is 0 Å². The number of hydrogen-bond donors (Lipinski definition) is 0. The van der Waals surface area contributed by atoms with Gasteiger partial charge in [-0.25, -0.2) is 0 Å². The lowest BCUT2D eigenvalue weighted by Crippen LogP contribution is -2.66. The van der Waals surface area contributed by atoms with Crippen molar-refractivity contribution in [3.8, 4) is 0 Å². The molecule has 0 saturated heterocycles. The van der Waals surface area contributed by atoms with Crippen molar-refractivity contribution < 1.29 is 46.8 Å². The summed E-state index contributed by atoms with van der Waals surface area (Å²) in [6, 6.07) is 29.4. The molecule has 0 bridgehead atoms. The van der Waals surface area contributed by atoms with Crippen LogP contribution in [-0.2, 0) is 46.8 Å². The molecule has 0 saturated carbocycles. The zero-order chi connectivity index (χ0) is 32.9. The zero-order valence-electron chi connectivity index (χ0n) is 27.5. The Hall–Kier alpha value is -1.26. The number of hydrogen-bond acceptors (Lipinski definition) is 11. The maximum absolute atomic E-state index is 7.07. The first kappa shape index (κ1) is 38.2. The maximum Gasteiger partial charge on any atom is 0.474 e. The van der Waals surface area contributed by atoms with Crippen molar-refractivity contribution in [2.75, 3.05) is 35.5 Å². The Kier molecular flexibility index (Phi) is 15.6. The van der Waals surface area contributed by atoms with Gasteiger partial charge in [-0.05, 0) is 41.7 Å². The normalized spacial score (nSPS) is 17.4. The van der Waals surface area contributed by atoms with Crippen LogP contribution in [0.2, 0.25) is 26.2 Å². The van der Waals surface area contributed by atoms with Crippen LogP contribution in [0.25, 0.3) is 0 Å². The maximum atomic E-state index is 7.07. The molecule has 0 fully saturated rings. The number of benzene rings is 3. The van der Waals surface area contributed by atoms with Gasteiger partial charge in [0.15, 0.2) is 0 Å². The summed E-state index contributed by atoms with van der Waals surface area (Å²) in [5.74, 6) is 0. The minimum absolute atomic E-state index is 0.870. The summed E-state index contributed by atoms with van der Waals surface area (Å²) in [6.07, 6.45) is 0. The van der Waals surface area contributed by atoms with E-state index in [4.69, 9.17) is 46.8 Å². The topological polar surface area (TPSA) is 102 Å². The molecule has 3 rings (SSSR count). The van der Waals surface area contributed by atoms with Gasteiger partial charge in [-0.1, -0.05) is 91.0 Å². The van der Waals surface area contributed by atoms with Crippen molar-refractivity contribution in [1.29, 1.82) is 0 Å². The largest absolute Gasteiger partial charge is 0.474 e. The van der Waals surface area contributed by atoms with E-state index < -0.39 is 63.5 Å². The molecule has 45 heavy (non-hydrogen) atoms.